The number of carbonyl (C=O) groups is 2. The normalized spacial score (nSPS) is 10.4. The molecule has 1 heterocycles. The highest BCUT2D eigenvalue weighted by atomic mass is 16.5. The number of hydrogen-bond acceptors (Lipinski definition) is 4. The smallest absolute Gasteiger partial charge is 0.272 e. The number of nitrogens with one attached hydrogen (secondary N) is 1. The van der Waals surface area contributed by atoms with Gasteiger partial charge in [0.15, 0.2) is 0 Å². The topological polar surface area (TPSA) is 76.5 Å². The molecule has 0 unspecified atom stereocenters. The van der Waals surface area contributed by atoms with E-state index in [1.54, 1.807) is 42.3 Å². The minimum atomic E-state index is -0.283. The maximum Gasteiger partial charge on any atom is 0.272 e. The van der Waals surface area contributed by atoms with Gasteiger partial charge in [-0.15, -0.1) is 0 Å². The zero-order chi connectivity index (χ0) is 19.9. The summed E-state index contributed by atoms with van der Waals surface area (Å²) >= 11 is 0. The van der Waals surface area contributed by atoms with Crippen molar-refractivity contribution in [3.63, 3.8) is 0 Å². The molecule has 28 heavy (non-hydrogen) atoms. The number of nitrogens with zero attached hydrogens (tertiary/aromatic N) is 3. The van der Waals surface area contributed by atoms with Crippen LogP contribution in [0, 0.1) is 0 Å². The van der Waals surface area contributed by atoms with Crippen LogP contribution in [0.5, 0.6) is 5.75 Å². The number of anilines is 1. The molecule has 0 aliphatic heterocycles. The fraction of sp³-hybridized carbons (Fsp3) is 0.190. The maximum atomic E-state index is 13.0. The van der Waals surface area contributed by atoms with Crippen molar-refractivity contribution in [1.29, 1.82) is 0 Å². The molecule has 0 atom stereocenters. The summed E-state index contributed by atoms with van der Waals surface area (Å²) in [5, 5.41) is 2.79. The Balaban J connectivity index is 1.72. The molecule has 7 heteroatoms. The number of imidazole rings is 1. The number of amides is 2. The van der Waals surface area contributed by atoms with Crippen LogP contribution in [0.25, 0.3) is 5.69 Å². The second-order valence-electron chi connectivity index (χ2n) is 6.08. The number of hydrogen-bond donors (Lipinski definition) is 1. The number of benzene rings is 2. The minimum Gasteiger partial charge on any atom is -0.497 e. The highest BCUT2D eigenvalue weighted by Gasteiger charge is 2.21. The SMILES string of the molecule is CCN(CC(=O)Nc1cccc(OC)c1)C(=O)c1cncn1-c1ccccc1. The second kappa shape index (κ2) is 8.85. The van der Waals surface area contributed by atoms with Gasteiger partial charge in [0.25, 0.3) is 5.91 Å². The van der Waals surface area contributed by atoms with Crippen molar-refractivity contribution in [2.75, 3.05) is 25.5 Å². The summed E-state index contributed by atoms with van der Waals surface area (Å²) in [5.74, 6) is 0.104. The molecule has 0 fully saturated rings. The van der Waals surface area contributed by atoms with Gasteiger partial charge in [-0.3, -0.25) is 14.2 Å². The van der Waals surface area contributed by atoms with Crippen molar-refractivity contribution in [1.82, 2.24) is 14.5 Å². The zero-order valence-corrected chi connectivity index (χ0v) is 15.8. The van der Waals surface area contributed by atoms with Gasteiger partial charge in [0.2, 0.25) is 5.91 Å². The summed E-state index contributed by atoms with van der Waals surface area (Å²) in [6.45, 7) is 2.16. The first kappa shape index (κ1) is 19.2. The van der Waals surface area contributed by atoms with Gasteiger partial charge < -0.3 is 15.0 Å². The van der Waals surface area contributed by atoms with Crippen molar-refractivity contribution in [2.24, 2.45) is 0 Å². The Labute approximate surface area is 163 Å². The Morgan fingerprint density at radius 2 is 1.93 bits per heavy atom. The monoisotopic (exact) mass is 378 g/mol. The summed E-state index contributed by atoms with van der Waals surface area (Å²) < 4.78 is 6.87. The zero-order valence-electron chi connectivity index (χ0n) is 15.8. The van der Waals surface area contributed by atoms with Crippen LogP contribution in [-0.4, -0.2) is 46.5 Å². The molecule has 0 aliphatic rings. The van der Waals surface area contributed by atoms with E-state index in [4.69, 9.17) is 4.74 Å². The van der Waals surface area contributed by atoms with E-state index >= 15 is 0 Å². The Morgan fingerprint density at radius 1 is 1.14 bits per heavy atom. The van der Waals surface area contributed by atoms with Crippen LogP contribution in [-0.2, 0) is 4.79 Å². The van der Waals surface area contributed by atoms with Crippen molar-refractivity contribution in [2.45, 2.75) is 6.92 Å². The molecular formula is C21H22N4O3. The maximum absolute atomic E-state index is 13.0. The molecule has 0 spiro atoms. The fourth-order valence-electron chi connectivity index (χ4n) is 2.81. The van der Waals surface area contributed by atoms with Crippen LogP contribution in [0.4, 0.5) is 5.69 Å². The van der Waals surface area contributed by atoms with Gasteiger partial charge in [0, 0.05) is 24.0 Å². The molecule has 1 aromatic heterocycles. The van der Waals surface area contributed by atoms with Gasteiger partial charge in [-0.2, -0.15) is 0 Å². The third-order valence-corrected chi connectivity index (χ3v) is 4.25. The van der Waals surface area contributed by atoms with E-state index in [-0.39, 0.29) is 18.4 Å². The Morgan fingerprint density at radius 3 is 2.64 bits per heavy atom. The predicted octanol–water partition coefficient (Wildman–Crippen LogP) is 2.98. The highest BCUT2D eigenvalue weighted by Crippen LogP contribution is 2.17. The summed E-state index contributed by atoms with van der Waals surface area (Å²) in [7, 11) is 1.56. The Kier molecular flexibility index (Phi) is 6.06. The molecule has 2 aromatic carbocycles. The number of para-hydroxylation sites is 1. The van der Waals surface area contributed by atoms with E-state index in [2.05, 4.69) is 10.3 Å². The van der Waals surface area contributed by atoms with Crippen molar-refractivity contribution >= 4 is 17.5 Å². The average molecular weight is 378 g/mol. The molecule has 7 nitrogen and oxygen atoms in total. The number of aromatic nitrogens is 2. The summed E-state index contributed by atoms with van der Waals surface area (Å²) in [6.07, 6.45) is 3.10. The largest absolute Gasteiger partial charge is 0.497 e. The summed E-state index contributed by atoms with van der Waals surface area (Å²) in [6, 6.07) is 16.5. The molecule has 2 amide bonds. The first-order chi connectivity index (χ1) is 13.6. The molecule has 3 rings (SSSR count). The van der Waals surface area contributed by atoms with Gasteiger partial charge in [-0.25, -0.2) is 4.98 Å². The van der Waals surface area contributed by atoms with Crippen molar-refractivity contribution < 1.29 is 14.3 Å². The van der Waals surface area contributed by atoms with E-state index in [0.717, 1.165) is 5.69 Å². The molecular weight excluding hydrogens is 356 g/mol. The Hall–Kier alpha value is -3.61. The molecule has 0 aliphatic carbocycles. The number of rotatable bonds is 7. The fourth-order valence-corrected chi connectivity index (χ4v) is 2.81. The van der Waals surface area contributed by atoms with Gasteiger partial charge in [-0.1, -0.05) is 24.3 Å². The average Bonchev–Trinajstić information content (AvgIpc) is 3.22. The van der Waals surface area contributed by atoms with Crippen LogP contribution in [0.3, 0.4) is 0 Å². The third-order valence-electron chi connectivity index (χ3n) is 4.25. The number of carbonyl (C=O) groups excluding carboxylic acids is 2. The van der Waals surface area contributed by atoms with Gasteiger partial charge in [0.05, 0.1) is 19.6 Å². The summed E-state index contributed by atoms with van der Waals surface area (Å²) in [5.41, 5.74) is 1.85. The van der Waals surface area contributed by atoms with Gasteiger partial charge >= 0.3 is 0 Å². The van der Waals surface area contributed by atoms with Crippen molar-refractivity contribution in [3.05, 3.63) is 72.8 Å². The molecule has 0 saturated carbocycles. The lowest BCUT2D eigenvalue weighted by Crippen LogP contribution is -2.38. The van der Waals surface area contributed by atoms with E-state index in [1.165, 1.54) is 11.1 Å². The van der Waals surface area contributed by atoms with E-state index in [0.29, 0.717) is 23.7 Å². The minimum absolute atomic E-state index is 0.0630. The predicted molar refractivity (Wildman–Crippen MR) is 107 cm³/mol. The van der Waals surface area contributed by atoms with Crippen LogP contribution in [0.1, 0.15) is 17.4 Å². The molecule has 0 radical (unpaired) electrons. The first-order valence-corrected chi connectivity index (χ1v) is 8.93. The van der Waals surface area contributed by atoms with E-state index in [9.17, 15) is 9.59 Å². The van der Waals surface area contributed by atoms with E-state index < -0.39 is 0 Å². The van der Waals surface area contributed by atoms with E-state index in [1.807, 2.05) is 37.3 Å². The van der Waals surface area contributed by atoms with Crippen LogP contribution in [0.2, 0.25) is 0 Å². The van der Waals surface area contributed by atoms with Gasteiger partial charge in [-0.05, 0) is 31.2 Å². The standard InChI is InChI=1S/C21H22N4O3/c1-3-24(14-20(26)23-16-8-7-11-18(12-16)28-2)21(27)19-13-22-15-25(19)17-9-5-4-6-10-17/h4-13,15H,3,14H2,1-2H3,(H,23,26). The lowest BCUT2D eigenvalue weighted by molar-refractivity contribution is -0.116. The number of likely N-dealkylation sites (N-methyl/N-ethyl adjacent to an activating group) is 1. The third kappa shape index (κ3) is 4.37. The van der Waals surface area contributed by atoms with Crippen LogP contribution in [0.15, 0.2) is 67.1 Å². The first-order valence-electron chi connectivity index (χ1n) is 8.93. The molecule has 0 saturated heterocycles. The lowest BCUT2D eigenvalue weighted by Gasteiger charge is -2.21. The Bertz CT molecular complexity index is 953. The second-order valence-corrected chi connectivity index (χ2v) is 6.08. The molecule has 1 N–H and O–H groups in total. The quantitative estimate of drug-likeness (QED) is 0.686. The number of ether oxygens (including phenoxy) is 1. The molecule has 0 bridgehead atoms. The van der Waals surface area contributed by atoms with Crippen LogP contribution < -0.4 is 10.1 Å². The van der Waals surface area contributed by atoms with Crippen molar-refractivity contribution in [3.8, 4) is 11.4 Å². The molecule has 3 aromatic rings. The van der Waals surface area contributed by atoms with Crippen LogP contribution >= 0.6 is 0 Å². The number of methoxy groups -OCH3 is 1. The summed E-state index contributed by atoms with van der Waals surface area (Å²) in [4.78, 5) is 31.0. The lowest BCUT2D eigenvalue weighted by atomic mass is 10.3. The highest BCUT2D eigenvalue weighted by molar-refractivity contribution is 5.98. The molecule has 144 valence electrons. The van der Waals surface area contributed by atoms with Gasteiger partial charge in [0.1, 0.15) is 18.0 Å².